The van der Waals surface area contributed by atoms with Gasteiger partial charge in [-0.1, -0.05) is 42.6 Å². The fraction of sp³-hybridized carbons (Fsp3) is 0.176. The Bertz CT molecular complexity index is 872. The van der Waals surface area contributed by atoms with Crippen molar-refractivity contribution in [3.8, 4) is 11.5 Å². The van der Waals surface area contributed by atoms with Crippen molar-refractivity contribution in [2.24, 2.45) is 11.5 Å². The highest BCUT2D eigenvalue weighted by Gasteiger charge is 2.45. The van der Waals surface area contributed by atoms with Crippen molar-refractivity contribution in [3.63, 3.8) is 0 Å². The van der Waals surface area contributed by atoms with E-state index in [1.165, 1.54) is 32.4 Å². The van der Waals surface area contributed by atoms with Crippen molar-refractivity contribution in [2.45, 2.75) is 5.41 Å². The van der Waals surface area contributed by atoms with Crippen LogP contribution in [0.1, 0.15) is 11.1 Å². The van der Waals surface area contributed by atoms with Gasteiger partial charge in [-0.15, -0.1) is 0 Å². The first-order valence-corrected chi connectivity index (χ1v) is 8.18. The molecule has 0 aliphatic carbocycles. The minimum atomic E-state index is -1.49. The quantitative estimate of drug-likeness (QED) is 0.420. The lowest BCUT2D eigenvalue weighted by Gasteiger charge is -2.34. The Morgan fingerprint density at radius 2 is 1.54 bits per heavy atom. The number of ether oxygens (including phenoxy) is 2. The zero-order valence-electron chi connectivity index (χ0n) is 14.1. The van der Waals surface area contributed by atoms with E-state index in [-0.39, 0.29) is 21.2 Å². The second-order valence-corrected chi connectivity index (χ2v) is 6.20. The maximum atomic E-state index is 11.3. The Balaban J connectivity index is 3.00. The number of rotatable bonds is 7. The van der Waals surface area contributed by atoms with Gasteiger partial charge >= 0.3 is 0 Å². The molecule has 136 valence electrons. The van der Waals surface area contributed by atoms with Crippen LogP contribution in [0.25, 0.3) is 0 Å². The van der Waals surface area contributed by atoms with E-state index >= 15 is 0 Å². The largest absolute Gasteiger partial charge is 0.496 e. The number of nitro groups is 1. The molecule has 0 fully saturated rings. The van der Waals surface area contributed by atoms with Gasteiger partial charge < -0.3 is 20.9 Å². The molecular weight excluding hydrogens is 374 g/mol. The highest BCUT2D eigenvalue weighted by molar-refractivity contribution is 7.82. The molecule has 0 unspecified atom stereocenters. The zero-order valence-corrected chi connectivity index (χ0v) is 15.7. The lowest BCUT2D eigenvalue weighted by atomic mass is 9.73. The van der Waals surface area contributed by atoms with Gasteiger partial charge in [-0.05, 0) is 12.1 Å². The number of nitro benzene ring substituents is 1. The zero-order chi connectivity index (χ0) is 19.5. The molecule has 0 saturated carbocycles. The van der Waals surface area contributed by atoms with E-state index in [1.807, 2.05) is 0 Å². The van der Waals surface area contributed by atoms with Crippen molar-refractivity contribution >= 4 is 40.1 Å². The number of thiocarbonyl (C=S) groups is 2. The van der Waals surface area contributed by atoms with Crippen molar-refractivity contribution in [2.75, 3.05) is 14.2 Å². The summed E-state index contributed by atoms with van der Waals surface area (Å²) in [6, 6.07) is 11.0. The monoisotopic (exact) mass is 391 g/mol. The Kier molecular flexibility index (Phi) is 5.73. The summed E-state index contributed by atoms with van der Waals surface area (Å²) in [5.41, 5.74) is 11.3. The standard InChI is InChI=1S/C17H17N3O4S2/c1-23-13-6-4-3-5-11(13)17(15(18)25,16(19)26)12-9-10(20(21)22)7-8-14(12)24-2/h3-9H,1-2H3,(H2,18,25)(H2,19,26). The molecule has 7 nitrogen and oxygen atoms in total. The number of nitrogens with zero attached hydrogens (tertiary/aromatic N) is 1. The lowest BCUT2D eigenvalue weighted by Crippen LogP contribution is -2.51. The molecule has 9 heteroatoms. The number of benzene rings is 2. The van der Waals surface area contributed by atoms with Gasteiger partial charge in [0.25, 0.3) is 5.69 Å². The highest BCUT2D eigenvalue weighted by atomic mass is 32.1. The molecule has 0 aromatic heterocycles. The summed E-state index contributed by atoms with van der Waals surface area (Å²) in [7, 11) is 2.91. The average molecular weight is 391 g/mol. The molecule has 0 bridgehead atoms. The number of para-hydroxylation sites is 1. The molecule has 2 aromatic carbocycles. The second kappa shape index (κ2) is 7.63. The summed E-state index contributed by atoms with van der Waals surface area (Å²) in [6.45, 7) is 0. The topological polar surface area (TPSA) is 114 Å². The molecule has 2 rings (SSSR count). The maximum Gasteiger partial charge on any atom is 0.270 e. The lowest BCUT2D eigenvalue weighted by molar-refractivity contribution is -0.384. The van der Waals surface area contributed by atoms with E-state index in [0.29, 0.717) is 17.1 Å². The Labute approximate surface area is 161 Å². The first-order valence-electron chi connectivity index (χ1n) is 7.36. The fourth-order valence-electron chi connectivity index (χ4n) is 2.85. The average Bonchev–Trinajstić information content (AvgIpc) is 2.62. The van der Waals surface area contributed by atoms with Crippen LogP contribution in [0.3, 0.4) is 0 Å². The Morgan fingerprint density at radius 3 is 2.04 bits per heavy atom. The van der Waals surface area contributed by atoms with Gasteiger partial charge in [0, 0.05) is 23.3 Å². The minimum Gasteiger partial charge on any atom is -0.496 e. The van der Waals surface area contributed by atoms with Gasteiger partial charge in [0.1, 0.15) is 16.9 Å². The summed E-state index contributed by atoms with van der Waals surface area (Å²) in [6.07, 6.45) is 0. The Hall–Kier alpha value is -2.78. The van der Waals surface area contributed by atoms with Crippen LogP contribution in [0.2, 0.25) is 0 Å². The third kappa shape index (κ3) is 3.06. The van der Waals surface area contributed by atoms with Crippen LogP contribution in [0.15, 0.2) is 42.5 Å². The third-order valence-electron chi connectivity index (χ3n) is 4.05. The molecule has 4 N–H and O–H groups in total. The van der Waals surface area contributed by atoms with Crippen LogP contribution in [0, 0.1) is 10.1 Å². The molecule has 0 radical (unpaired) electrons. The van der Waals surface area contributed by atoms with Crippen molar-refractivity contribution in [1.82, 2.24) is 0 Å². The van der Waals surface area contributed by atoms with Crippen molar-refractivity contribution in [3.05, 3.63) is 63.7 Å². The number of nitrogens with two attached hydrogens (primary N) is 2. The summed E-state index contributed by atoms with van der Waals surface area (Å²) in [4.78, 5) is 10.6. The van der Waals surface area contributed by atoms with Gasteiger partial charge in [-0.3, -0.25) is 10.1 Å². The third-order valence-corrected chi connectivity index (χ3v) is 4.66. The molecular formula is C17H17N3O4S2. The molecule has 0 atom stereocenters. The molecule has 0 heterocycles. The van der Waals surface area contributed by atoms with Crippen LogP contribution >= 0.6 is 24.4 Å². The number of hydrogen-bond donors (Lipinski definition) is 2. The predicted octanol–water partition coefficient (Wildman–Crippen LogP) is 2.47. The molecule has 2 aromatic rings. The maximum absolute atomic E-state index is 11.3. The van der Waals surface area contributed by atoms with E-state index in [0.717, 1.165) is 0 Å². The van der Waals surface area contributed by atoms with Crippen LogP contribution in [0.5, 0.6) is 11.5 Å². The van der Waals surface area contributed by atoms with E-state index in [9.17, 15) is 10.1 Å². The normalized spacial score (nSPS) is 10.8. The number of hydrogen-bond acceptors (Lipinski definition) is 6. The summed E-state index contributed by atoms with van der Waals surface area (Å²) >= 11 is 10.6. The SMILES string of the molecule is COc1ccccc1C(C(N)=S)(C(N)=S)c1cc([N+](=O)[O-])ccc1OC. The first kappa shape index (κ1) is 19.5. The molecule has 0 aliphatic rings. The molecule has 26 heavy (non-hydrogen) atoms. The van der Waals surface area contributed by atoms with Gasteiger partial charge in [-0.25, -0.2) is 0 Å². The smallest absolute Gasteiger partial charge is 0.270 e. The summed E-state index contributed by atoms with van der Waals surface area (Å²) in [5.74, 6) is 0.740. The number of non-ortho nitro benzene ring substituents is 1. The first-order chi connectivity index (χ1) is 12.3. The fourth-order valence-corrected chi connectivity index (χ4v) is 3.58. The van der Waals surface area contributed by atoms with E-state index in [1.54, 1.807) is 24.3 Å². The van der Waals surface area contributed by atoms with Crippen LogP contribution in [-0.4, -0.2) is 29.1 Å². The molecule has 0 saturated heterocycles. The van der Waals surface area contributed by atoms with E-state index in [2.05, 4.69) is 0 Å². The molecule has 0 aliphatic heterocycles. The minimum absolute atomic E-state index is 0.0757. The van der Waals surface area contributed by atoms with Crippen LogP contribution in [0.4, 0.5) is 5.69 Å². The van der Waals surface area contributed by atoms with Crippen LogP contribution in [-0.2, 0) is 5.41 Å². The molecule has 0 amide bonds. The number of methoxy groups -OCH3 is 2. The predicted molar refractivity (Wildman–Crippen MR) is 107 cm³/mol. The van der Waals surface area contributed by atoms with E-state index in [4.69, 9.17) is 45.4 Å². The summed E-state index contributed by atoms with van der Waals surface area (Å²) < 4.78 is 10.8. The summed E-state index contributed by atoms with van der Waals surface area (Å²) in [5, 5.41) is 11.3. The van der Waals surface area contributed by atoms with E-state index < -0.39 is 10.3 Å². The van der Waals surface area contributed by atoms with Gasteiger partial charge in [0.2, 0.25) is 0 Å². The second-order valence-electron chi connectivity index (χ2n) is 5.32. The van der Waals surface area contributed by atoms with Crippen LogP contribution < -0.4 is 20.9 Å². The highest BCUT2D eigenvalue weighted by Crippen LogP contribution is 2.43. The van der Waals surface area contributed by atoms with Gasteiger partial charge in [0.15, 0.2) is 0 Å². The van der Waals surface area contributed by atoms with Crippen molar-refractivity contribution < 1.29 is 14.4 Å². The van der Waals surface area contributed by atoms with Crippen molar-refractivity contribution in [1.29, 1.82) is 0 Å². The van der Waals surface area contributed by atoms with Gasteiger partial charge in [-0.2, -0.15) is 0 Å². The Morgan fingerprint density at radius 1 is 1.00 bits per heavy atom. The molecule has 0 spiro atoms. The van der Waals surface area contributed by atoms with Gasteiger partial charge in [0.05, 0.1) is 29.1 Å².